The second-order valence-corrected chi connectivity index (χ2v) is 8.35. The van der Waals surface area contributed by atoms with Crippen LogP contribution < -0.4 is 4.74 Å². The van der Waals surface area contributed by atoms with E-state index in [2.05, 4.69) is 0 Å². The van der Waals surface area contributed by atoms with Crippen LogP contribution in [0.15, 0.2) is 65.9 Å². The predicted octanol–water partition coefficient (Wildman–Crippen LogP) is 4.93. The molecule has 2 aliphatic rings. The third-order valence-corrected chi connectivity index (χ3v) is 6.41. The van der Waals surface area contributed by atoms with E-state index in [1.165, 1.54) is 0 Å². The van der Waals surface area contributed by atoms with Crippen molar-refractivity contribution in [2.24, 2.45) is 0 Å². The van der Waals surface area contributed by atoms with Crippen LogP contribution in [-0.2, 0) is 16.0 Å². The summed E-state index contributed by atoms with van der Waals surface area (Å²) in [5, 5.41) is 10.8. The fraction of sp³-hybridized carbons (Fsp3) is 0.385. The van der Waals surface area contributed by atoms with Gasteiger partial charge in [0.25, 0.3) is 5.91 Å². The Morgan fingerprint density at radius 1 is 1.06 bits per heavy atom. The third-order valence-electron chi connectivity index (χ3n) is 6.41. The van der Waals surface area contributed by atoms with Crippen molar-refractivity contribution in [1.82, 2.24) is 4.90 Å². The SMILES string of the molecule is COc1cccc(C2C(C(=O)CCc3ccccc3)=C(O)C(=O)N2C2CCCCC2)c1. The second kappa shape index (κ2) is 9.38. The molecule has 1 saturated carbocycles. The zero-order valence-electron chi connectivity index (χ0n) is 17.9. The second-order valence-electron chi connectivity index (χ2n) is 8.35. The molecular weight excluding hydrogens is 390 g/mol. The van der Waals surface area contributed by atoms with Crippen molar-refractivity contribution in [1.29, 1.82) is 0 Å². The zero-order valence-corrected chi connectivity index (χ0v) is 17.9. The maximum atomic E-state index is 13.3. The van der Waals surface area contributed by atoms with Gasteiger partial charge in [-0.25, -0.2) is 0 Å². The molecule has 5 heteroatoms. The summed E-state index contributed by atoms with van der Waals surface area (Å²) in [7, 11) is 1.59. The molecule has 1 aliphatic carbocycles. The van der Waals surface area contributed by atoms with Crippen LogP contribution in [0.3, 0.4) is 0 Å². The van der Waals surface area contributed by atoms with E-state index in [0.717, 1.165) is 43.2 Å². The van der Waals surface area contributed by atoms with Crippen LogP contribution in [0.4, 0.5) is 0 Å². The smallest absolute Gasteiger partial charge is 0.290 e. The van der Waals surface area contributed by atoms with Gasteiger partial charge in [0.05, 0.1) is 18.7 Å². The molecule has 5 nitrogen and oxygen atoms in total. The molecule has 1 unspecified atom stereocenters. The van der Waals surface area contributed by atoms with Crippen LogP contribution in [0.25, 0.3) is 0 Å². The molecule has 0 saturated heterocycles. The standard InChI is InChI=1S/C26H29NO4/c1-31-21-14-8-11-19(17-21)24-23(22(28)16-15-18-9-4-2-5-10-18)25(29)26(30)27(24)20-12-6-3-7-13-20/h2,4-5,8-11,14,17,20,24,29H,3,6-7,12-13,15-16H2,1H3. The molecular formula is C26H29NO4. The first-order chi connectivity index (χ1) is 15.1. The van der Waals surface area contributed by atoms with E-state index in [1.807, 2.05) is 54.6 Å². The van der Waals surface area contributed by atoms with Gasteiger partial charge in [0, 0.05) is 12.5 Å². The fourth-order valence-corrected chi connectivity index (χ4v) is 4.82. The first-order valence-electron chi connectivity index (χ1n) is 11.1. The van der Waals surface area contributed by atoms with Crippen molar-refractivity contribution in [3.63, 3.8) is 0 Å². The Labute approximate surface area is 183 Å². The molecule has 0 radical (unpaired) electrons. The number of methoxy groups -OCH3 is 1. The summed E-state index contributed by atoms with van der Waals surface area (Å²) >= 11 is 0. The molecule has 1 N–H and O–H groups in total. The molecule has 1 aliphatic heterocycles. The minimum Gasteiger partial charge on any atom is -0.503 e. The number of carbonyl (C=O) groups is 2. The highest BCUT2D eigenvalue weighted by Gasteiger charge is 2.46. The van der Waals surface area contributed by atoms with Crippen LogP contribution in [-0.4, -0.2) is 34.8 Å². The zero-order chi connectivity index (χ0) is 21.8. The quantitative estimate of drug-likeness (QED) is 0.691. The Kier molecular flexibility index (Phi) is 6.40. The van der Waals surface area contributed by atoms with Crippen molar-refractivity contribution in [3.8, 4) is 5.75 Å². The van der Waals surface area contributed by atoms with E-state index in [-0.39, 0.29) is 23.8 Å². The van der Waals surface area contributed by atoms with E-state index >= 15 is 0 Å². The highest BCUT2D eigenvalue weighted by molar-refractivity contribution is 6.09. The Balaban J connectivity index is 1.67. The van der Waals surface area contributed by atoms with E-state index in [0.29, 0.717) is 12.2 Å². The summed E-state index contributed by atoms with van der Waals surface area (Å²) in [5.74, 6) is -0.337. The largest absolute Gasteiger partial charge is 0.503 e. The van der Waals surface area contributed by atoms with Crippen LogP contribution in [0.5, 0.6) is 5.75 Å². The number of hydrogen-bond acceptors (Lipinski definition) is 4. The molecule has 1 heterocycles. The topological polar surface area (TPSA) is 66.8 Å². The van der Waals surface area contributed by atoms with Crippen LogP contribution >= 0.6 is 0 Å². The summed E-state index contributed by atoms with van der Waals surface area (Å²) in [4.78, 5) is 28.2. The van der Waals surface area contributed by atoms with Gasteiger partial charge in [0.15, 0.2) is 11.5 Å². The number of amides is 1. The minimum atomic E-state index is -0.575. The lowest BCUT2D eigenvalue weighted by Gasteiger charge is -2.36. The lowest BCUT2D eigenvalue weighted by Crippen LogP contribution is -2.41. The highest BCUT2D eigenvalue weighted by Crippen LogP contribution is 2.43. The maximum absolute atomic E-state index is 13.3. The van der Waals surface area contributed by atoms with E-state index in [4.69, 9.17) is 4.74 Å². The molecule has 0 spiro atoms. The van der Waals surface area contributed by atoms with Crippen LogP contribution in [0.2, 0.25) is 0 Å². The van der Waals surface area contributed by atoms with Crippen LogP contribution in [0.1, 0.15) is 55.7 Å². The minimum absolute atomic E-state index is 0.0269. The lowest BCUT2D eigenvalue weighted by atomic mass is 9.89. The monoisotopic (exact) mass is 419 g/mol. The molecule has 1 atom stereocenters. The summed E-state index contributed by atoms with van der Waals surface area (Å²) in [6.07, 6.45) is 5.86. The number of nitrogens with zero attached hydrogens (tertiary/aromatic N) is 1. The molecule has 0 bridgehead atoms. The molecule has 2 aromatic carbocycles. The summed E-state index contributed by atoms with van der Waals surface area (Å²) in [5.41, 5.74) is 2.08. The van der Waals surface area contributed by atoms with Gasteiger partial charge < -0.3 is 14.7 Å². The van der Waals surface area contributed by atoms with Gasteiger partial charge in [-0.1, -0.05) is 61.7 Å². The van der Waals surface area contributed by atoms with Crippen molar-refractivity contribution < 1.29 is 19.4 Å². The number of ketones is 1. The molecule has 0 aromatic heterocycles. The fourth-order valence-electron chi connectivity index (χ4n) is 4.82. The maximum Gasteiger partial charge on any atom is 0.290 e. The van der Waals surface area contributed by atoms with Crippen LogP contribution in [0, 0.1) is 0 Å². The van der Waals surface area contributed by atoms with Gasteiger partial charge in [0.1, 0.15) is 5.75 Å². The number of aliphatic hydroxyl groups is 1. The molecule has 162 valence electrons. The van der Waals surface area contributed by atoms with E-state index in [1.54, 1.807) is 12.0 Å². The number of aliphatic hydroxyl groups excluding tert-OH is 1. The van der Waals surface area contributed by atoms with E-state index in [9.17, 15) is 14.7 Å². The third kappa shape index (κ3) is 4.36. The Morgan fingerprint density at radius 2 is 1.81 bits per heavy atom. The predicted molar refractivity (Wildman–Crippen MR) is 119 cm³/mol. The average molecular weight is 420 g/mol. The number of ether oxygens (including phenoxy) is 1. The number of hydrogen-bond donors (Lipinski definition) is 1. The average Bonchev–Trinajstić information content (AvgIpc) is 3.09. The first-order valence-corrected chi connectivity index (χ1v) is 11.1. The number of carbonyl (C=O) groups excluding carboxylic acids is 2. The van der Waals surface area contributed by atoms with Gasteiger partial charge >= 0.3 is 0 Å². The van der Waals surface area contributed by atoms with Crippen molar-refractivity contribution >= 4 is 11.7 Å². The molecule has 1 fully saturated rings. The summed E-state index contributed by atoms with van der Waals surface area (Å²) < 4.78 is 5.38. The Hall–Kier alpha value is -3.08. The van der Waals surface area contributed by atoms with Crippen molar-refractivity contribution in [3.05, 3.63) is 77.1 Å². The number of Topliss-reactive ketones (excluding diaryl/α,β-unsaturated/α-hetero) is 1. The van der Waals surface area contributed by atoms with E-state index < -0.39 is 17.7 Å². The van der Waals surface area contributed by atoms with Gasteiger partial charge in [-0.05, 0) is 42.5 Å². The van der Waals surface area contributed by atoms with Gasteiger partial charge in [0.2, 0.25) is 0 Å². The molecule has 1 amide bonds. The number of benzene rings is 2. The number of aryl methyl sites for hydroxylation is 1. The van der Waals surface area contributed by atoms with Crippen molar-refractivity contribution in [2.75, 3.05) is 7.11 Å². The molecule has 2 aromatic rings. The highest BCUT2D eigenvalue weighted by atomic mass is 16.5. The Morgan fingerprint density at radius 3 is 2.52 bits per heavy atom. The van der Waals surface area contributed by atoms with Gasteiger partial charge in [-0.3, -0.25) is 9.59 Å². The molecule has 4 rings (SSSR count). The summed E-state index contributed by atoms with van der Waals surface area (Å²) in [6, 6.07) is 16.7. The summed E-state index contributed by atoms with van der Waals surface area (Å²) in [6.45, 7) is 0. The normalized spacial score (nSPS) is 19.7. The Bertz CT molecular complexity index is 976. The van der Waals surface area contributed by atoms with Gasteiger partial charge in [-0.2, -0.15) is 0 Å². The first kappa shape index (κ1) is 21.2. The number of rotatable bonds is 7. The van der Waals surface area contributed by atoms with Crippen molar-refractivity contribution in [2.45, 2.75) is 57.0 Å². The molecule has 31 heavy (non-hydrogen) atoms. The lowest BCUT2D eigenvalue weighted by molar-refractivity contribution is -0.132. The van der Waals surface area contributed by atoms with Gasteiger partial charge in [-0.15, -0.1) is 0 Å².